The van der Waals surface area contributed by atoms with Gasteiger partial charge in [-0.05, 0) is 35.9 Å². The van der Waals surface area contributed by atoms with Crippen LogP contribution in [0.1, 0.15) is 15.9 Å². The van der Waals surface area contributed by atoms with Gasteiger partial charge in [-0.2, -0.15) is 0 Å². The Bertz CT molecular complexity index is 870. The van der Waals surface area contributed by atoms with Crippen molar-refractivity contribution in [1.29, 1.82) is 0 Å². The summed E-state index contributed by atoms with van der Waals surface area (Å²) in [7, 11) is 0. The second kappa shape index (κ2) is 8.42. The molecule has 0 saturated carbocycles. The van der Waals surface area contributed by atoms with E-state index in [0.717, 1.165) is 0 Å². The third-order valence-electron chi connectivity index (χ3n) is 3.28. The maximum absolute atomic E-state index is 13.6. The molecule has 3 rings (SSSR count). The van der Waals surface area contributed by atoms with E-state index in [1.807, 2.05) is 0 Å². The van der Waals surface area contributed by atoms with Crippen LogP contribution < -0.4 is 5.32 Å². The second-order valence-corrected chi connectivity index (χ2v) is 7.67. The lowest BCUT2D eigenvalue weighted by molar-refractivity contribution is 0.101. The molecule has 128 valence electrons. The molecular formula is C17H13ClFN3OS2. The molecule has 3 aromatic rings. The molecule has 1 heterocycles. The fourth-order valence-electron chi connectivity index (χ4n) is 1.99. The van der Waals surface area contributed by atoms with Crippen LogP contribution in [0, 0.1) is 5.82 Å². The summed E-state index contributed by atoms with van der Waals surface area (Å²) >= 11 is 8.54. The van der Waals surface area contributed by atoms with Gasteiger partial charge < -0.3 is 5.32 Å². The zero-order valence-electron chi connectivity index (χ0n) is 12.9. The highest BCUT2D eigenvalue weighted by molar-refractivity contribution is 8.00. The van der Waals surface area contributed by atoms with Crippen molar-refractivity contribution < 1.29 is 9.18 Å². The maximum atomic E-state index is 13.6. The second-order valence-electron chi connectivity index (χ2n) is 5.04. The van der Waals surface area contributed by atoms with Gasteiger partial charge in [0.15, 0.2) is 10.1 Å². The van der Waals surface area contributed by atoms with Crippen LogP contribution in [0.3, 0.4) is 0 Å². The highest BCUT2D eigenvalue weighted by atomic mass is 35.5. The minimum atomic E-state index is -0.230. The maximum Gasteiger partial charge on any atom is 0.206 e. The first kappa shape index (κ1) is 17.8. The molecular weight excluding hydrogens is 381 g/mol. The first-order valence-corrected chi connectivity index (χ1v) is 9.52. The number of Topliss-reactive ketones (excluding diaryl/α,β-unsaturated/α-hetero) is 1. The Balaban J connectivity index is 1.52. The van der Waals surface area contributed by atoms with E-state index in [0.29, 0.717) is 31.4 Å². The van der Waals surface area contributed by atoms with E-state index in [1.165, 1.54) is 29.2 Å². The van der Waals surface area contributed by atoms with E-state index >= 15 is 0 Å². The van der Waals surface area contributed by atoms with Crippen LogP contribution in [0.25, 0.3) is 0 Å². The van der Waals surface area contributed by atoms with Gasteiger partial charge in [-0.3, -0.25) is 4.79 Å². The van der Waals surface area contributed by atoms with Crippen LogP contribution in [-0.2, 0) is 5.75 Å². The molecule has 0 fully saturated rings. The molecule has 0 saturated heterocycles. The molecule has 0 bridgehead atoms. The summed E-state index contributed by atoms with van der Waals surface area (Å²) in [6, 6.07) is 13.4. The average molecular weight is 394 g/mol. The standard InChI is InChI=1S/C17H13ClFN3OS2/c18-13-7-5-11(6-8-13)15(23)9-20-16-21-22-17(25-16)24-10-12-3-1-2-4-14(12)19/h1-8H,9-10H2,(H,20,21). The normalized spacial score (nSPS) is 10.6. The van der Waals surface area contributed by atoms with Gasteiger partial charge in [0.25, 0.3) is 0 Å². The molecule has 0 amide bonds. The number of ketones is 1. The third kappa shape index (κ3) is 5.01. The minimum absolute atomic E-state index is 0.0626. The van der Waals surface area contributed by atoms with Gasteiger partial charge >= 0.3 is 0 Å². The van der Waals surface area contributed by atoms with Crippen LogP contribution >= 0.6 is 34.7 Å². The van der Waals surface area contributed by atoms with Gasteiger partial charge in [0.05, 0.1) is 6.54 Å². The van der Waals surface area contributed by atoms with Gasteiger partial charge in [-0.1, -0.05) is 52.9 Å². The summed E-state index contributed by atoms with van der Waals surface area (Å²) in [5, 5.41) is 12.1. The van der Waals surface area contributed by atoms with E-state index in [2.05, 4.69) is 15.5 Å². The topological polar surface area (TPSA) is 54.9 Å². The first-order chi connectivity index (χ1) is 12.1. The number of benzene rings is 2. The quantitative estimate of drug-likeness (QED) is 0.456. The van der Waals surface area contributed by atoms with Crippen molar-refractivity contribution in [1.82, 2.24) is 10.2 Å². The Labute approximate surface area is 157 Å². The van der Waals surface area contributed by atoms with Crippen molar-refractivity contribution in [3.05, 3.63) is 70.5 Å². The number of nitrogens with zero attached hydrogens (tertiary/aromatic N) is 2. The van der Waals surface area contributed by atoms with Crippen molar-refractivity contribution >= 4 is 45.6 Å². The molecule has 1 N–H and O–H groups in total. The molecule has 8 heteroatoms. The van der Waals surface area contributed by atoms with Gasteiger partial charge in [0, 0.05) is 16.3 Å². The monoisotopic (exact) mass is 393 g/mol. The number of anilines is 1. The third-order valence-corrected chi connectivity index (χ3v) is 5.60. The molecule has 0 aliphatic rings. The Morgan fingerprint density at radius 1 is 1.16 bits per heavy atom. The fraction of sp³-hybridized carbons (Fsp3) is 0.118. The summed E-state index contributed by atoms with van der Waals surface area (Å²) in [6.07, 6.45) is 0. The van der Waals surface area contributed by atoms with Crippen molar-refractivity contribution in [2.75, 3.05) is 11.9 Å². The van der Waals surface area contributed by atoms with Crippen LogP contribution in [-0.4, -0.2) is 22.5 Å². The first-order valence-electron chi connectivity index (χ1n) is 7.34. The average Bonchev–Trinajstić information content (AvgIpc) is 3.07. The molecule has 0 spiro atoms. The summed E-state index contributed by atoms with van der Waals surface area (Å²) in [4.78, 5) is 12.1. The van der Waals surface area contributed by atoms with Gasteiger partial charge in [-0.25, -0.2) is 4.39 Å². The molecule has 0 aliphatic heterocycles. The predicted octanol–water partition coefficient (Wildman–Crippen LogP) is 4.92. The Morgan fingerprint density at radius 3 is 2.68 bits per heavy atom. The minimum Gasteiger partial charge on any atom is -0.353 e. The van der Waals surface area contributed by atoms with Crippen molar-refractivity contribution in [3.8, 4) is 0 Å². The Morgan fingerprint density at radius 2 is 1.92 bits per heavy atom. The van der Waals surface area contributed by atoms with Gasteiger partial charge in [0.2, 0.25) is 5.13 Å². The number of nitrogens with one attached hydrogen (secondary N) is 1. The van der Waals surface area contributed by atoms with E-state index in [9.17, 15) is 9.18 Å². The number of hydrogen-bond donors (Lipinski definition) is 1. The van der Waals surface area contributed by atoms with Crippen molar-refractivity contribution in [2.45, 2.75) is 10.1 Å². The molecule has 0 radical (unpaired) electrons. The predicted molar refractivity (Wildman–Crippen MR) is 100 cm³/mol. The molecule has 1 aromatic heterocycles. The summed E-state index contributed by atoms with van der Waals surface area (Å²) < 4.78 is 14.3. The lowest BCUT2D eigenvalue weighted by atomic mass is 10.1. The van der Waals surface area contributed by atoms with Crippen LogP contribution in [0.15, 0.2) is 52.9 Å². The highest BCUT2D eigenvalue weighted by Crippen LogP contribution is 2.28. The summed E-state index contributed by atoms with van der Waals surface area (Å²) in [5.74, 6) is 0.184. The molecule has 0 atom stereocenters. The summed E-state index contributed by atoms with van der Waals surface area (Å²) in [6.45, 7) is 0.119. The molecule has 2 aromatic carbocycles. The zero-order valence-corrected chi connectivity index (χ0v) is 15.3. The van der Waals surface area contributed by atoms with E-state index in [1.54, 1.807) is 42.5 Å². The SMILES string of the molecule is O=C(CNc1nnc(SCc2ccccc2F)s1)c1ccc(Cl)cc1. The molecule has 0 aliphatic carbocycles. The lowest BCUT2D eigenvalue weighted by Crippen LogP contribution is -2.13. The van der Waals surface area contributed by atoms with E-state index in [-0.39, 0.29) is 18.1 Å². The number of thioether (sulfide) groups is 1. The van der Waals surface area contributed by atoms with E-state index < -0.39 is 0 Å². The van der Waals surface area contributed by atoms with Gasteiger partial charge in [0.1, 0.15) is 5.82 Å². The van der Waals surface area contributed by atoms with Crippen molar-refractivity contribution in [2.24, 2.45) is 0 Å². The number of carbonyl (C=O) groups excluding carboxylic acids is 1. The van der Waals surface area contributed by atoms with Gasteiger partial charge in [-0.15, -0.1) is 10.2 Å². The number of aromatic nitrogens is 2. The Kier molecular flexibility index (Phi) is 6.01. The Hall–Kier alpha value is -1.96. The van der Waals surface area contributed by atoms with Crippen LogP contribution in [0.5, 0.6) is 0 Å². The molecule has 0 unspecified atom stereocenters. The fourth-order valence-corrected chi connectivity index (χ4v) is 3.85. The number of rotatable bonds is 7. The molecule has 25 heavy (non-hydrogen) atoms. The number of hydrogen-bond acceptors (Lipinski definition) is 6. The van der Waals surface area contributed by atoms with Crippen molar-refractivity contribution in [3.63, 3.8) is 0 Å². The lowest BCUT2D eigenvalue weighted by Gasteiger charge is -2.02. The highest BCUT2D eigenvalue weighted by Gasteiger charge is 2.10. The smallest absolute Gasteiger partial charge is 0.206 e. The zero-order chi connectivity index (χ0) is 17.6. The summed E-state index contributed by atoms with van der Waals surface area (Å²) in [5.41, 5.74) is 1.20. The molecule has 4 nitrogen and oxygen atoms in total. The number of halogens is 2. The van der Waals surface area contributed by atoms with Crippen LogP contribution in [0.4, 0.5) is 9.52 Å². The largest absolute Gasteiger partial charge is 0.353 e. The number of carbonyl (C=O) groups is 1. The van der Waals surface area contributed by atoms with E-state index in [4.69, 9.17) is 11.6 Å². The van der Waals surface area contributed by atoms with Crippen LogP contribution in [0.2, 0.25) is 5.02 Å².